The molecule has 144 valence electrons. The summed E-state index contributed by atoms with van der Waals surface area (Å²) in [6.07, 6.45) is 2.50. The minimum atomic E-state index is -0.798. The van der Waals surface area contributed by atoms with E-state index in [1.807, 2.05) is 48.2 Å². The molecule has 0 aliphatic carbocycles. The van der Waals surface area contributed by atoms with Crippen LogP contribution in [0.15, 0.2) is 42.5 Å². The van der Waals surface area contributed by atoms with E-state index in [-0.39, 0.29) is 6.04 Å². The third kappa shape index (κ3) is 4.57. The molecular formula is C21H23Cl2NO3. The van der Waals surface area contributed by atoms with E-state index in [4.69, 9.17) is 27.9 Å². The van der Waals surface area contributed by atoms with Crippen LogP contribution in [0, 0.1) is 0 Å². The molecule has 0 spiro atoms. The molecule has 1 saturated heterocycles. The van der Waals surface area contributed by atoms with Crippen molar-refractivity contribution in [2.75, 3.05) is 13.2 Å². The van der Waals surface area contributed by atoms with E-state index in [2.05, 4.69) is 0 Å². The number of aliphatic carboxylic acids is 1. The van der Waals surface area contributed by atoms with Crippen LogP contribution in [0.5, 0.6) is 5.75 Å². The number of ether oxygens (including phenoxy) is 1. The molecule has 6 heteroatoms. The second-order valence-corrected chi connectivity index (χ2v) is 7.53. The SMILES string of the molecule is CCOc1ccc(Cl)cc1C(c1ccc(Cl)cc1)N1CCCCC1C(=O)O. The third-order valence-corrected chi connectivity index (χ3v) is 5.40. The first-order chi connectivity index (χ1) is 13.0. The van der Waals surface area contributed by atoms with Gasteiger partial charge >= 0.3 is 5.97 Å². The van der Waals surface area contributed by atoms with Crippen LogP contribution >= 0.6 is 23.2 Å². The Morgan fingerprint density at radius 3 is 2.56 bits per heavy atom. The number of nitrogens with zero attached hydrogens (tertiary/aromatic N) is 1. The van der Waals surface area contributed by atoms with Crippen molar-refractivity contribution in [3.05, 3.63) is 63.6 Å². The van der Waals surface area contributed by atoms with Crippen molar-refractivity contribution in [2.24, 2.45) is 0 Å². The summed E-state index contributed by atoms with van der Waals surface area (Å²) in [4.78, 5) is 14.0. The lowest BCUT2D eigenvalue weighted by atomic mass is 9.91. The molecule has 2 unspecified atom stereocenters. The quantitative estimate of drug-likeness (QED) is 0.694. The molecule has 27 heavy (non-hydrogen) atoms. The zero-order chi connectivity index (χ0) is 19.4. The summed E-state index contributed by atoms with van der Waals surface area (Å²) >= 11 is 12.4. The van der Waals surface area contributed by atoms with Crippen molar-refractivity contribution in [2.45, 2.75) is 38.3 Å². The van der Waals surface area contributed by atoms with E-state index in [1.54, 1.807) is 6.07 Å². The Morgan fingerprint density at radius 2 is 1.89 bits per heavy atom. The first-order valence-electron chi connectivity index (χ1n) is 9.17. The number of carboxylic acids is 1. The zero-order valence-electron chi connectivity index (χ0n) is 15.2. The van der Waals surface area contributed by atoms with Crippen molar-refractivity contribution in [3.8, 4) is 5.75 Å². The summed E-state index contributed by atoms with van der Waals surface area (Å²) in [5, 5.41) is 11.0. The lowest BCUT2D eigenvalue weighted by Crippen LogP contribution is -2.46. The number of carboxylic acid groups (broad SMARTS) is 1. The fraction of sp³-hybridized carbons (Fsp3) is 0.381. The van der Waals surface area contributed by atoms with Crippen LogP contribution in [0.1, 0.15) is 43.4 Å². The Bertz CT molecular complexity index is 795. The number of likely N-dealkylation sites (tertiary alicyclic amines) is 1. The van der Waals surface area contributed by atoms with E-state index in [0.29, 0.717) is 29.6 Å². The molecule has 3 rings (SSSR count). The monoisotopic (exact) mass is 407 g/mol. The molecule has 1 heterocycles. The van der Waals surface area contributed by atoms with Crippen LogP contribution in [-0.4, -0.2) is 35.2 Å². The van der Waals surface area contributed by atoms with E-state index < -0.39 is 12.0 Å². The number of halogens is 2. The second kappa shape index (κ2) is 8.96. The normalized spacial score (nSPS) is 18.9. The minimum Gasteiger partial charge on any atom is -0.494 e. The fourth-order valence-corrected chi connectivity index (χ4v) is 4.05. The molecule has 0 saturated carbocycles. The molecule has 2 atom stereocenters. The summed E-state index contributed by atoms with van der Waals surface area (Å²) < 4.78 is 5.85. The second-order valence-electron chi connectivity index (χ2n) is 6.66. The predicted molar refractivity (Wildman–Crippen MR) is 108 cm³/mol. The van der Waals surface area contributed by atoms with Gasteiger partial charge < -0.3 is 9.84 Å². The van der Waals surface area contributed by atoms with Gasteiger partial charge in [-0.05, 0) is 62.2 Å². The first kappa shape index (κ1) is 20.0. The van der Waals surface area contributed by atoms with Crippen molar-refractivity contribution >= 4 is 29.2 Å². The van der Waals surface area contributed by atoms with Gasteiger partial charge in [-0.25, -0.2) is 0 Å². The van der Waals surface area contributed by atoms with Crippen molar-refractivity contribution in [3.63, 3.8) is 0 Å². The molecule has 2 aromatic rings. The van der Waals surface area contributed by atoms with Gasteiger partial charge in [0.05, 0.1) is 12.6 Å². The van der Waals surface area contributed by atoms with Crippen LogP contribution in [0.25, 0.3) is 0 Å². The standard InChI is InChI=1S/C21H23Cl2NO3/c1-2-27-19-11-10-16(23)13-17(19)20(14-6-8-15(22)9-7-14)24-12-4-3-5-18(24)21(25)26/h6-11,13,18,20H,2-5,12H2,1H3,(H,25,26). The van der Waals surface area contributed by atoms with E-state index in [0.717, 1.165) is 29.7 Å². The average molecular weight is 408 g/mol. The van der Waals surface area contributed by atoms with Crippen molar-refractivity contribution < 1.29 is 14.6 Å². The molecule has 1 aliphatic rings. The number of benzene rings is 2. The Morgan fingerprint density at radius 1 is 1.19 bits per heavy atom. The maximum Gasteiger partial charge on any atom is 0.320 e. The average Bonchev–Trinajstić information content (AvgIpc) is 2.66. The van der Waals surface area contributed by atoms with Gasteiger partial charge in [0.1, 0.15) is 11.8 Å². The van der Waals surface area contributed by atoms with Crippen LogP contribution in [0.2, 0.25) is 10.0 Å². The van der Waals surface area contributed by atoms with E-state index in [9.17, 15) is 9.90 Å². The molecule has 1 aliphatic heterocycles. The molecule has 0 amide bonds. The maximum atomic E-state index is 11.9. The van der Waals surface area contributed by atoms with E-state index >= 15 is 0 Å². The summed E-state index contributed by atoms with van der Waals surface area (Å²) in [6, 6.07) is 12.2. The molecule has 1 N–H and O–H groups in total. The topological polar surface area (TPSA) is 49.8 Å². The lowest BCUT2D eigenvalue weighted by molar-refractivity contribution is -0.145. The summed E-state index contributed by atoms with van der Waals surface area (Å²) in [7, 11) is 0. The number of hydrogen-bond donors (Lipinski definition) is 1. The largest absolute Gasteiger partial charge is 0.494 e. The Kier molecular flexibility index (Phi) is 6.64. The Labute approximate surface area is 169 Å². The highest BCUT2D eigenvalue weighted by atomic mass is 35.5. The van der Waals surface area contributed by atoms with Gasteiger partial charge in [-0.3, -0.25) is 9.69 Å². The van der Waals surface area contributed by atoms with Crippen molar-refractivity contribution in [1.82, 2.24) is 4.90 Å². The number of piperidine rings is 1. The molecule has 2 aromatic carbocycles. The lowest BCUT2D eigenvalue weighted by Gasteiger charge is -2.40. The predicted octanol–water partition coefficient (Wildman–Crippen LogP) is 5.42. The summed E-state index contributed by atoms with van der Waals surface area (Å²) in [5.74, 6) is -0.0785. The molecule has 4 nitrogen and oxygen atoms in total. The maximum absolute atomic E-state index is 11.9. The summed E-state index contributed by atoms with van der Waals surface area (Å²) in [6.45, 7) is 3.14. The van der Waals surface area contributed by atoms with Gasteiger partial charge in [0.25, 0.3) is 0 Å². The Balaban J connectivity index is 2.14. The van der Waals surface area contributed by atoms with Crippen LogP contribution < -0.4 is 4.74 Å². The van der Waals surface area contributed by atoms with Crippen LogP contribution in [0.3, 0.4) is 0 Å². The van der Waals surface area contributed by atoms with Crippen LogP contribution in [0.4, 0.5) is 0 Å². The van der Waals surface area contributed by atoms with Gasteiger partial charge in [0.2, 0.25) is 0 Å². The molecular weight excluding hydrogens is 385 g/mol. The van der Waals surface area contributed by atoms with Crippen molar-refractivity contribution in [1.29, 1.82) is 0 Å². The minimum absolute atomic E-state index is 0.274. The highest BCUT2D eigenvalue weighted by Crippen LogP contribution is 2.40. The fourth-order valence-electron chi connectivity index (χ4n) is 3.74. The van der Waals surface area contributed by atoms with Gasteiger partial charge in [-0.2, -0.15) is 0 Å². The summed E-state index contributed by atoms with van der Waals surface area (Å²) in [5.41, 5.74) is 1.84. The third-order valence-electron chi connectivity index (χ3n) is 4.91. The van der Waals surface area contributed by atoms with Gasteiger partial charge in [-0.15, -0.1) is 0 Å². The number of hydrogen-bond acceptors (Lipinski definition) is 3. The highest BCUT2D eigenvalue weighted by molar-refractivity contribution is 6.31. The Hall–Kier alpha value is -1.75. The van der Waals surface area contributed by atoms with E-state index in [1.165, 1.54) is 0 Å². The molecule has 0 aromatic heterocycles. The van der Waals surface area contributed by atoms with Gasteiger partial charge in [-0.1, -0.05) is 41.8 Å². The van der Waals surface area contributed by atoms with Crippen LogP contribution in [-0.2, 0) is 4.79 Å². The van der Waals surface area contributed by atoms with Gasteiger partial charge in [0.15, 0.2) is 0 Å². The number of carbonyl (C=O) groups is 1. The van der Waals surface area contributed by atoms with Gasteiger partial charge in [0, 0.05) is 15.6 Å². The number of rotatable bonds is 6. The molecule has 0 radical (unpaired) electrons. The highest BCUT2D eigenvalue weighted by Gasteiger charge is 2.36. The molecule has 0 bridgehead atoms. The zero-order valence-corrected chi connectivity index (χ0v) is 16.7. The first-order valence-corrected chi connectivity index (χ1v) is 9.93. The smallest absolute Gasteiger partial charge is 0.320 e. The molecule has 1 fully saturated rings.